The summed E-state index contributed by atoms with van der Waals surface area (Å²) in [6.07, 6.45) is 1.28. The molecular weight excluding hydrogens is 256 g/mol. The Labute approximate surface area is 118 Å². The highest BCUT2D eigenvalue weighted by atomic mass is 32.1. The SMILES string of the molecule is CCOc1cccc2c1[nH]c(=S)n2CC1CC1(C)C. The fraction of sp³-hybridized carbons (Fsp3) is 0.533. The summed E-state index contributed by atoms with van der Waals surface area (Å²) in [5.74, 6) is 1.62. The van der Waals surface area contributed by atoms with Gasteiger partial charge in [-0.2, -0.15) is 0 Å². The summed E-state index contributed by atoms with van der Waals surface area (Å²) >= 11 is 5.47. The molecular formula is C15H20N2OS. The van der Waals surface area contributed by atoms with Crippen LogP contribution in [0, 0.1) is 16.1 Å². The molecule has 1 unspecified atom stereocenters. The second-order valence-electron chi connectivity index (χ2n) is 6.01. The van der Waals surface area contributed by atoms with Crippen molar-refractivity contribution in [1.82, 2.24) is 9.55 Å². The van der Waals surface area contributed by atoms with Gasteiger partial charge in [0, 0.05) is 6.54 Å². The fourth-order valence-electron chi connectivity index (χ4n) is 2.72. The summed E-state index contributed by atoms with van der Waals surface area (Å²) in [5, 5.41) is 0. The molecule has 1 aliphatic rings. The molecule has 1 N–H and O–H groups in total. The maximum absolute atomic E-state index is 5.66. The van der Waals surface area contributed by atoms with E-state index in [1.807, 2.05) is 19.1 Å². The molecule has 0 saturated heterocycles. The van der Waals surface area contributed by atoms with Crippen LogP contribution >= 0.6 is 12.2 Å². The van der Waals surface area contributed by atoms with Crippen molar-refractivity contribution in [3.05, 3.63) is 23.0 Å². The van der Waals surface area contributed by atoms with Crippen molar-refractivity contribution in [2.75, 3.05) is 6.61 Å². The lowest BCUT2D eigenvalue weighted by Crippen LogP contribution is -2.03. The molecule has 3 nitrogen and oxygen atoms in total. The van der Waals surface area contributed by atoms with Crippen LogP contribution in [-0.4, -0.2) is 16.2 Å². The summed E-state index contributed by atoms with van der Waals surface area (Å²) in [6.45, 7) is 8.31. The lowest BCUT2D eigenvalue weighted by molar-refractivity contribution is 0.343. The Kier molecular flexibility index (Phi) is 2.93. The van der Waals surface area contributed by atoms with E-state index in [9.17, 15) is 0 Å². The van der Waals surface area contributed by atoms with E-state index in [2.05, 4.69) is 29.5 Å². The Balaban J connectivity index is 2.03. The van der Waals surface area contributed by atoms with Crippen LogP contribution in [0.1, 0.15) is 27.2 Å². The number of aromatic nitrogens is 2. The third-order valence-electron chi connectivity index (χ3n) is 4.19. The number of hydrogen-bond acceptors (Lipinski definition) is 2. The molecule has 0 radical (unpaired) electrons. The molecule has 2 aromatic rings. The molecule has 3 rings (SSSR count). The molecule has 1 saturated carbocycles. The smallest absolute Gasteiger partial charge is 0.178 e. The van der Waals surface area contributed by atoms with Gasteiger partial charge in [-0.05, 0) is 49.0 Å². The molecule has 1 aromatic heterocycles. The monoisotopic (exact) mass is 276 g/mol. The summed E-state index contributed by atoms with van der Waals surface area (Å²) < 4.78 is 8.67. The minimum Gasteiger partial charge on any atom is -0.492 e. The van der Waals surface area contributed by atoms with Crippen LogP contribution in [0.15, 0.2) is 18.2 Å². The second-order valence-corrected chi connectivity index (χ2v) is 6.40. The standard InChI is InChI=1S/C15H20N2OS/c1-4-18-12-7-5-6-11-13(12)16-14(19)17(11)9-10-8-15(10,2)3/h5-7,10H,4,8-9H2,1-3H3,(H,16,19). The Morgan fingerprint density at radius 2 is 2.21 bits per heavy atom. The molecule has 19 heavy (non-hydrogen) atoms. The van der Waals surface area contributed by atoms with E-state index in [1.54, 1.807) is 0 Å². The van der Waals surface area contributed by atoms with E-state index >= 15 is 0 Å². The summed E-state index contributed by atoms with van der Waals surface area (Å²) in [6, 6.07) is 6.13. The van der Waals surface area contributed by atoms with E-state index in [4.69, 9.17) is 17.0 Å². The highest BCUT2D eigenvalue weighted by Gasteiger charge is 2.45. The molecule has 4 heteroatoms. The zero-order valence-corrected chi connectivity index (χ0v) is 12.5. The summed E-state index contributed by atoms with van der Waals surface area (Å²) in [4.78, 5) is 3.29. The average Bonchev–Trinajstić information content (AvgIpc) is 2.82. The van der Waals surface area contributed by atoms with Crippen molar-refractivity contribution >= 4 is 23.3 Å². The number of nitrogens with zero attached hydrogens (tertiary/aromatic N) is 1. The van der Waals surface area contributed by atoms with Gasteiger partial charge in [0.1, 0.15) is 11.3 Å². The number of aromatic amines is 1. The summed E-state index contributed by atoms with van der Waals surface area (Å²) in [7, 11) is 0. The summed E-state index contributed by atoms with van der Waals surface area (Å²) in [5.41, 5.74) is 2.64. The molecule has 1 heterocycles. The first-order valence-corrected chi connectivity index (χ1v) is 7.28. The number of H-pyrrole nitrogens is 1. The van der Waals surface area contributed by atoms with Gasteiger partial charge in [-0.3, -0.25) is 0 Å². The van der Waals surface area contributed by atoms with Crippen molar-refractivity contribution in [3.63, 3.8) is 0 Å². The highest BCUT2D eigenvalue weighted by Crippen LogP contribution is 2.52. The molecule has 1 aliphatic carbocycles. The second kappa shape index (κ2) is 4.37. The topological polar surface area (TPSA) is 29.9 Å². The normalized spacial score (nSPS) is 20.7. The Morgan fingerprint density at radius 1 is 1.47 bits per heavy atom. The van der Waals surface area contributed by atoms with Crippen LogP contribution in [-0.2, 0) is 6.54 Å². The van der Waals surface area contributed by atoms with Gasteiger partial charge in [-0.15, -0.1) is 0 Å². The van der Waals surface area contributed by atoms with Crippen LogP contribution in [0.3, 0.4) is 0 Å². The maximum atomic E-state index is 5.66. The van der Waals surface area contributed by atoms with Gasteiger partial charge < -0.3 is 14.3 Å². The van der Waals surface area contributed by atoms with E-state index in [0.29, 0.717) is 12.0 Å². The number of benzene rings is 1. The van der Waals surface area contributed by atoms with Gasteiger partial charge in [-0.1, -0.05) is 19.9 Å². The first-order chi connectivity index (χ1) is 9.03. The fourth-order valence-corrected chi connectivity index (χ4v) is 2.99. The Bertz CT molecular complexity index is 668. The average molecular weight is 276 g/mol. The molecule has 0 bridgehead atoms. The number of hydrogen-bond donors (Lipinski definition) is 1. The van der Waals surface area contributed by atoms with Crippen molar-refractivity contribution in [2.24, 2.45) is 11.3 Å². The Morgan fingerprint density at radius 3 is 2.84 bits per heavy atom. The minimum absolute atomic E-state index is 0.468. The van der Waals surface area contributed by atoms with E-state index in [-0.39, 0.29) is 0 Å². The van der Waals surface area contributed by atoms with Gasteiger partial charge in [0.15, 0.2) is 4.77 Å². The van der Waals surface area contributed by atoms with E-state index in [0.717, 1.165) is 34.0 Å². The van der Waals surface area contributed by atoms with Crippen molar-refractivity contribution in [1.29, 1.82) is 0 Å². The zero-order valence-electron chi connectivity index (χ0n) is 11.7. The van der Waals surface area contributed by atoms with Crippen molar-refractivity contribution in [3.8, 4) is 5.75 Å². The number of fused-ring (bicyclic) bond motifs is 1. The van der Waals surface area contributed by atoms with Crippen molar-refractivity contribution < 1.29 is 4.74 Å². The molecule has 0 amide bonds. The van der Waals surface area contributed by atoms with Crippen LogP contribution in [0.5, 0.6) is 5.75 Å². The van der Waals surface area contributed by atoms with E-state index < -0.39 is 0 Å². The van der Waals surface area contributed by atoms with E-state index in [1.165, 1.54) is 6.42 Å². The predicted octanol–water partition coefficient (Wildman–Crippen LogP) is 4.14. The predicted molar refractivity (Wildman–Crippen MR) is 80.2 cm³/mol. The third kappa shape index (κ3) is 2.18. The highest BCUT2D eigenvalue weighted by molar-refractivity contribution is 7.71. The quantitative estimate of drug-likeness (QED) is 0.850. The van der Waals surface area contributed by atoms with Crippen LogP contribution in [0.2, 0.25) is 0 Å². The first kappa shape index (κ1) is 12.7. The largest absolute Gasteiger partial charge is 0.492 e. The third-order valence-corrected chi connectivity index (χ3v) is 4.51. The van der Waals surface area contributed by atoms with Gasteiger partial charge in [0.05, 0.1) is 12.1 Å². The number of imidazole rings is 1. The first-order valence-electron chi connectivity index (χ1n) is 6.87. The molecule has 0 spiro atoms. The molecule has 102 valence electrons. The maximum Gasteiger partial charge on any atom is 0.178 e. The number of ether oxygens (including phenoxy) is 1. The lowest BCUT2D eigenvalue weighted by atomic mass is 10.1. The van der Waals surface area contributed by atoms with Gasteiger partial charge in [0.25, 0.3) is 0 Å². The molecule has 1 atom stereocenters. The number of nitrogens with one attached hydrogen (secondary N) is 1. The molecule has 0 aliphatic heterocycles. The lowest BCUT2D eigenvalue weighted by Gasteiger charge is -2.07. The van der Waals surface area contributed by atoms with Crippen molar-refractivity contribution in [2.45, 2.75) is 33.7 Å². The number of para-hydroxylation sites is 1. The Hall–Kier alpha value is -1.29. The van der Waals surface area contributed by atoms with Crippen LogP contribution in [0.4, 0.5) is 0 Å². The van der Waals surface area contributed by atoms with Gasteiger partial charge in [0.2, 0.25) is 0 Å². The van der Waals surface area contributed by atoms with Gasteiger partial charge >= 0.3 is 0 Å². The van der Waals surface area contributed by atoms with Gasteiger partial charge in [-0.25, -0.2) is 0 Å². The minimum atomic E-state index is 0.468. The van der Waals surface area contributed by atoms with Crippen LogP contribution in [0.25, 0.3) is 11.0 Å². The molecule has 1 aromatic carbocycles. The zero-order chi connectivity index (χ0) is 13.6. The number of rotatable bonds is 4. The van der Waals surface area contributed by atoms with Crippen LogP contribution < -0.4 is 4.74 Å². The molecule has 1 fully saturated rings.